The number of hydrogen-bond acceptors (Lipinski definition) is 4. The first kappa shape index (κ1) is 14.0. The SMILES string of the molecule is Cc1cn2c(CCC(=O)NCC(C)CO)csc2n1. The average Bonchev–Trinajstić information content (AvgIpc) is 2.92. The van der Waals surface area contributed by atoms with Crippen LogP contribution in [-0.2, 0) is 11.2 Å². The molecule has 2 aromatic heterocycles. The van der Waals surface area contributed by atoms with Gasteiger partial charge in [-0.05, 0) is 19.3 Å². The topological polar surface area (TPSA) is 66.6 Å². The van der Waals surface area contributed by atoms with E-state index in [1.165, 1.54) is 0 Å². The summed E-state index contributed by atoms with van der Waals surface area (Å²) < 4.78 is 2.05. The Kier molecular flexibility index (Phi) is 4.55. The van der Waals surface area contributed by atoms with Gasteiger partial charge in [0.25, 0.3) is 0 Å². The van der Waals surface area contributed by atoms with Crippen LogP contribution in [-0.4, -0.2) is 33.6 Å². The van der Waals surface area contributed by atoms with Gasteiger partial charge in [0.2, 0.25) is 5.91 Å². The lowest BCUT2D eigenvalue weighted by Crippen LogP contribution is -2.29. The second-order valence-corrected chi connectivity index (χ2v) is 5.69. The Labute approximate surface area is 116 Å². The smallest absolute Gasteiger partial charge is 0.220 e. The van der Waals surface area contributed by atoms with Crippen molar-refractivity contribution in [1.82, 2.24) is 14.7 Å². The number of fused-ring (bicyclic) bond motifs is 1. The molecule has 0 bridgehead atoms. The second kappa shape index (κ2) is 6.16. The van der Waals surface area contributed by atoms with Crippen LogP contribution in [0.4, 0.5) is 0 Å². The van der Waals surface area contributed by atoms with E-state index < -0.39 is 0 Å². The molecule has 2 aromatic rings. The Bertz CT molecular complexity index is 561. The van der Waals surface area contributed by atoms with Gasteiger partial charge >= 0.3 is 0 Å². The molecule has 0 radical (unpaired) electrons. The first-order valence-corrected chi connectivity index (χ1v) is 7.27. The second-order valence-electron chi connectivity index (χ2n) is 4.85. The Morgan fingerprint density at radius 2 is 2.42 bits per heavy atom. The van der Waals surface area contributed by atoms with E-state index in [4.69, 9.17) is 5.11 Å². The summed E-state index contributed by atoms with van der Waals surface area (Å²) in [4.78, 5) is 17.0. The fourth-order valence-corrected chi connectivity index (χ4v) is 2.76. The molecule has 1 amide bonds. The fourth-order valence-electron chi connectivity index (χ4n) is 1.80. The molecule has 0 aliphatic carbocycles. The molecule has 2 heterocycles. The number of hydrogen-bond donors (Lipinski definition) is 2. The minimum Gasteiger partial charge on any atom is -0.396 e. The zero-order chi connectivity index (χ0) is 13.8. The highest BCUT2D eigenvalue weighted by Gasteiger charge is 2.09. The highest BCUT2D eigenvalue weighted by atomic mass is 32.1. The van der Waals surface area contributed by atoms with Crippen molar-refractivity contribution in [3.05, 3.63) is 23.0 Å². The van der Waals surface area contributed by atoms with Gasteiger partial charge in [-0.25, -0.2) is 4.98 Å². The number of aryl methyl sites for hydroxylation is 2. The van der Waals surface area contributed by atoms with Crippen LogP contribution in [0.15, 0.2) is 11.6 Å². The van der Waals surface area contributed by atoms with Gasteiger partial charge in [0.1, 0.15) is 0 Å². The van der Waals surface area contributed by atoms with Crippen molar-refractivity contribution < 1.29 is 9.90 Å². The molecule has 0 aliphatic heterocycles. The molecule has 1 unspecified atom stereocenters. The number of aliphatic hydroxyl groups is 1. The van der Waals surface area contributed by atoms with Crippen LogP contribution < -0.4 is 5.32 Å². The standard InChI is InChI=1S/C13H19N3O2S/c1-9(7-17)5-14-12(18)4-3-11-8-19-13-15-10(2)6-16(11)13/h6,8-9,17H,3-5,7H2,1-2H3,(H,14,18). The van der Waals surface area contributed by atoms with E-state index in [2.05, 4.69) is 10.3 Å². The molecule has 2 rings (SSSR count). The summed E-state index contributed by atoms with van der Waals surface area (Å²) in [5, 5.41) is 13.8. The molecular weight excluding hydrogens is 262 g/mol. The molecule has 2 N–H and O–H groups in total. The molecule has 0 aromatic carbocycles. The number of aromatic nitrogens is 2. The highest BCUT2D eigenvalue weighted by Crippen LogP contribution is 2.17. The van der Waals surface area contributed by atoms with Crippen LogP contribution in [0.2, 0.25) is 0 Å². The van der Waals surface area contributed by atoms with E-state index in [9.17, 15) is 4.79 Å². The van der Waals surface area contributed by atoms with Gasteiger partial charge in [-0.15, -0.1) is 11.3 Å². The van der Waals surface area contributed by atoms with Crippen molar-refractivity contribution in [2.75, 3.05) is 13.2 Å². The Morgan fingerprint density at radius 1 is 1.63 bits per heavy atom. The lowest BCUT2D eigenvalue weighted by molar-refractivity contribution is -0.121. The van der Waals surface area contributed by atoms with Crippen LogP contribution in [0, 0.1) is 12.8 Å². The third kappa shape index (κ3) is 3.54. The Balaban J connectivity index is 1.86. The number of thiazole rings is 1. The first-order valence-electron chi connectivity index (χ1n) is 6.39. The van der Waals surface area contributed by atoms with E-state index in [-0.39, 0.29) is 18.4 Å². The minimum absolute atomic E-state index is 0.0245. The van der Waals surface area contributed by atoms with Crippen molar-refractivity contribution in [3.8, 4) is 0 Å². The highest BCUT2D eigenvalue weighted by molar-refractivity contribution is 7.15. The number of carbonyl (C=O) groups excluding carboxylic acids is 1. The van der Waals surface area contributed by atoms with Gasteiger partial charge in [0.15, 0.2) is 4.96 Å². The zero-order valence-electron chi connectivity index (χ0n) is 11.2. The van der Waals surface area contributed by atoms with E-state index >= 15 is 0 Å². The van der Waals surface area contributed by atoms with Gasteiger partial charge in [-0.3, -0.25) is 9.20 Å². The molecule has 6 heteroatoms. The average molecular weight is 281 g/mol. The predicted octanol–water partition coefficient (Wildman–Crippen LogP) is 1.38. The third-order valence-electron chi connectivity index (χ3n) is 2.97. The maximum Gasteiger partial charge on any atom is 0.220 e. The molecule has 0 spiro atoms. The van der Waals surface area contributed by atoms with Crippen molar-refractivity contribution in [3.63, 3.8) is 0 Å². The van der Waals surface area contributed by atoms with E-state index in [1.807, 2.05) is 29.8 Å². The van der Waals surface area contributed by atoms with Gasteiger partial charge < -0.3 is 10.4 Å². The predicted molar refractivity (Wildman–Crippen MR) is 75.4 cm³/mol. The summed E-state index contributed by atoms with van der Waals surface area (Å²) in [5.41, 5.74) is 2.11. The van der Waals surface area contributed by atoms with Crippen molar-refractivity contribution in [2.24, 2.45) is 5.92 Å². The Hall–Kier alpha value is -1.40. The molecule has 0 saturated heterocycles. The summed E-state index contributed by atoms with van der Waals surface area (Å²) in [6.45, 7) is 4.49. The summed E-state index contributed by atoms with van der Waals surface area (Å²) in [6.07, 6.45) is 3.16. The number of nitrogens with one attached hydrogen (secondary N) is 1. The summed E-state index contributed by atoms with van der Waals surface area (Å²) in [7, 11) is 0. The van der Waals surface area contributed by atoms with Crippen molar-refractivity contribution in [2.45, 2.75) is 26.7 Å². The van der Waals surface area contributed by atoms with Gasteiger partial charge in [0.05, 0.1) is 5.69 Å². The summed E-state index contributed by atoms with van der Waals surface area (Å²) in [5.74, 6) is 0.129. The third-order valence-corrected chi connectivity index (χ3v) is 3.86. The number of aliphatic hydroxyl groups excluding tert-OH is 1. The molecule has 0 aliphatic rings. The zero-order valence-corrected chi connectivity index (χ0v) is 12.0. The quantitative estimate of drug-likeness (QED) is 0.840. The van der Waals surface area contributed by atoms with Crippen LogP contribution >= 0.6 is 11.3 Å². The minimum atomic E-state index is 0.0245. The summed E-state index contributed by atoms with van der Waals surface area (Å²) in [6, 6.07) is 0. The molecule has 1 atom stereocenters. The van der Waals surface area contributed by atoms with E-state index in [0.29, 0.717) is 19.4 Å². The number of rotatable bonds is 6. The number of imidazole rings is 1. The van der Waals surface area contributed by atoms with Gasteiger partial charge in [-0.2, -0.15) is 0 Å². The number of carbonyl (C=O) groups is 1. The van der Waals surface area contributed by atoms with Crippen molar-refractivity contribution in [1.29, 1.82) is 0 Å². The monoisotopic (exact) mass is 281 g/mol. The lowest BCUT2D eigenvalue weighted by Gasteiger charge is -2.09. The number of amides is 1. The molecule has 5 nitrogen and oxygen atoms in total. The van der Waals surface area contributed by atoms with E-state index in [1.54, 1.807) is 11.3 Å². The largest absolute Gasteiger partial charge is 0.396 e. The van der Waals surface area contributed by atoms with Crippen molar-refractivity contribution >= 4 is 22.2 Å². The molecule has 0 fully saturated rings. The molecular formula is C13H19N3O2S. The Morgan fingerprint density at radius 3 is 3.16 bits per heavy atom. The maximum atomic E-state index is 11.7. The van der Waals surface area contributed by atoms with Crippen LogP contribution in [0.3, 0.4) is 0 Å². The fraction of sp³-hybridized carbons (Fsp3) is 0.538. The lowest BCUT2D eigenvalue weighted by atomic mass is 10.2. The normalized spacial score (nSPS) is 12.8. The van der Waals surface area contributed by atoms with Crippen LogP contribution in [0.25, 0.3) is 4.96 Å². The maximum absolute atomic E-state index is 11.7. The first-order chi connectivity index (χ1) is 9.10. The molecule has 0 saturated carbocycles. The van der Waals surface area contributed by atoms with Gasteiger partial charge in [0, 0.05) is 36.8 Å². The van der Waals surface area contributed by atoms with E-state index in [0.717, 1.165) is 16.3 Å². The summed E-state index contributed by atoms with van der Waals surface area (Å²) >= 11 is 1.60. The number of nitrogens with zero attached hydrogens (tertiary/aromatic N) is 2. The molecule has 19 heavy (non-hydrogen) atoms. The van der Waals surface area contributed by atoms with Gasteiger partial charge in [-0.1, -0.05) is 6.92 Å². The van der Waals surface area contributed by atoms with Crippen LogP contribution in [0.1, 0.15) is 24.7 Å². The molecule has 104 valence electrons. The van der Waals surface area contributed by atoms with Crippen LogP contribution in [0.5, 0.6) is 0 Å².